The third kappa shape index (κ3) is 2.95. The maximum absolute atomic E-state index is 13.4. The van der Waals surface area contributed by atoms with Crippen LogP contribution in [0.2, 0.25) is 0 Å². The van der Waals surface area contributed by atoms with Gasteiger partial charge in [-0.25, -0.2) is 4.39 Å². The molecule has 1 N–H and O–H groups in total. The van der Waals surface area contributed by atoms with E-state index in [9.17, 15) is 4.39 Å². The maximum atomic E-state index is 13.4. The summed E-state index contributed by atoms with van der Waals surface area (Å²) < 4.78 is 13.9. The molecule has 0 aliphatic carbocycles. The van der Waals surface area contributed by atoms with E-state index in [1.807, 2.05) is 12.1 Å². The van der Waals surface area contributed by atoms with E-state index < -0.39 is 0 Å². The average Bonchev–Trinajstić information content (AvgIpc) is 2.43. The summed E-state index contributed by atoms with van der Waals surface area (Å²) in [6, 6.07) is 5.71. The Hall–Kier alpha value is -0.610. The van der Waals surface area contributed by atoms with Crippen LogP contribution in [0.1, 0.15) is 33.6 Å². The highest BCUT2D eigenvalue weighted by Crippen LogP contribution is 2.30. The van der Waals surface area contributed by atoms with Crippen LogP contribution in [0.3, 0.4) is 0 Å². The van der Waals surface area contributed by atoms with Gasteiger partial charge >= 0.3 is 0 Å². The molecule has 1 atom stereocenters. The molecular formula is C15H22BrFN2. The van der Waals surface area contributed by atoms with Crippen LogP contribution < -0.4 is 10.2 Å². The van der Waals surface area contributed by atoms with Crippen molar-refractivity contribution >= 4 is 21.6 Å². The first kappa shape index (κ1) is 14.8. The Morgan fingerprint density at radius 2 is 2.11 bits per heavy atom. The standard InChI is InChI=1S/C15H22BrFN2/c1-4-15(5-2)10-19(11(3)9-18-15)12-6-7-14(17)13(16)8-12/h6-8,11,18H,4-5,9-10H2,1-3H3. The molecule has 1 aromatic rings. The fourth-order valence-electron chi connectivity index (χ4n) is 2.75. The summed E-state index contributed by atoms with van der Waals surface area (Å²) >= 11 is 3.28. The number of rotatable bonds is 3. The van der Waals surface area contributed by atoms with Crippen LogP contribution in [-0.4, -0.2) is 24.7 Å². The molecule has 2 rings (SSSR count). The van der Waals surface area contributed by atoms with Crippen molar-refractivity contribution in [1.29, 1.82) is 0 Å². The molecule has 1 saturated heterocycles. The zero-order chi connectivity index (χ0) is 14.0. The molecule has 1 unspecified atom stereocenters. The Labute approximate surface area is 123 Å². The molecule has 1 aromatic carbocycles. The van der Waals surface area contributed by atoms with Gasteiger partial charge in [0, 0.05) is 30.4 Å². The van der Waals surface area contributed by atoms with Gasteiger partial charge < -0.3 is 10.2 Å². The molecule has 4 heteroatoms. The van der Waals surface area contributed by atoms with Crippen LogP contribution in [0, 0.1) is 5.82 Å². The van der Waals surface area contributed by atoms with Crippen LogP contribution in [0.4, 0.5) is 10.1 Å². The normalized spacial score (nSPS) is 22.6. The number of anilines is 1. The van der Waals surface area contributed by atoms with Gasteiger partial charge in [-0.05, 0) is 53.9 Å². The number of nitrogens with one attached hydrogen (secondary N) is 1. The Bertz CT molecular complexity index is 446. The van der Waals surface area contributed by atoms with Crippen LogP contribution in [0.5, 0.6) is 0 Å². The van der Waals surface area contributed by atoms with Crippen molar-refractivity contribution in [2.45, 2.75) is 45.2 Å². The Morgan fingerprint density at radius 1 is 1.42 bits per heavy atom. The van der Waals surface area contributed by atoms with E-state index in [-0.39, 0.29) is 11.4 Å². The lowest BCUT2D eigenvalue weighted by Crippen LogP contribution is -2.63. The van der Waals surface area contributed by atoms with E-state index in [2.05, 4.69) is 46.9 Å². The summed E-state index contributed by atoms with van der Waals surface area (Å²) in [4.78, 5) is 2.38. The smallest absolute Gasteiger partial charge is 0.137 e. The minimum atomic E-state index is -0.205. The summed E-state index contributed by atoms with van der Waals surface area (Å²) in [5.41, 5.74) is 1.27. The second-order valence-corrected chi connectivity index (χ2v) is 6.30. The molecule has 1 aliphatic heterocycles. The number of nitrogens with zero attached hydrogens (tertiary/aromatic N) is 1. The largest absolute Gasteiger partial charge is 0.366 e. The number of benzene rings is 1. The topological polar surface area (TPSA) is 15.3 Å². The van der Waals surface area contributed by atoms with Gasteiger partial charge in [0.2, 0.25) is 0 Å². The Balaban J connectivity index is 2.28. The molecule has 0 saturated carbocycles. The van der Waals surface area contributed by atoms with E-state index in [1.54, 1.807) is 0 Å². The number of piperazine rings is 1. The molecular weight excluding hydrogens is 307 g/mol. The molecule has 0 bridgehead atoms. The van der Waals surface area contributed by atoms with Crippen molar-refractivity contribution in [2.75, 3.05) is 18.0 Å². The minimum absolute atomic E-state index is 0.174. The van der Waals surface area contributed by atoms with E-state index in [0.29, 0.717) is 10.5 Å². The minimum Gasteiger partial charge on any atom is -0.366 e. The fourth-order valence-corrected chi connectivity index (χ4v) is 3.11. The second-order valence-electron chi connectivity index (χ2n) is 5.44. The molecule has 1 heterocycles. The molecule has 1 aliphatic rings. The van der Waals surface area contributed by atoms with Crippen LogP contribution >= 0.6 is 15.9 Å². The van der Waals surface area contributed by atoms with Gasteiger partial charge in [-0.2, -0.15) is 0 Å². The quantitative estimate of drug-likeness (QED) is 0.903. The van der Waals surface area contributed by atoms with Gasteiger partial charge in [0.15, 0.2) is 0 Å². The van der Waals surface area contributed by atoms with Crippen molar-refractivity contribution in [3.63, 3.8) is 0 Å². The summed E-state index contributed by atoms with van der Waals surface area (Å²) in [5.74, 6) is -0.205. The zero-order valence-electron chi connectivity index (χ0n) is 11.8. The number of hydrogen-bond acceptors (Lipinski definition) is 2. The Kier molecular flexibility index (Phi) is 4.51. The van der Waals surface area contributed by atoms with E-state index >= 15 is 0 Å². The van der Waals surface area contributed by atoms with Crippen molar-refractivity contribution in [1.82, 2.24) is 5.32 Å². The monoisotopic (exact) mass is 328 g/mol. The third-order valence-corrected chi connectivity index (χ3v) is 4.97. The van der Waals surface area contributed by atoms with Crippen LogP contribution in [0.25, 0.3) is 0 Å². The number of hydrogen-bond donors (Lipinski definition) is 1. The lowest BCUT2D eigenvalue weighted by atomic mass is 9.88. The van der Waals surface area contributed by atoms with Crippen molar-refractivity contribution < 1.29 is 4.39 Å². The Morgan fingerprint density at radius 3 is 2.68 bits per heavy atom. The molecule has 2 nitrogen and oxygen atoms in total. The van der Waals surface area contributed by atoms with Gasteiger partial charge in [-0.1, -0.05) is 13.8 Å². The van der Waals surface area contributed by atoms with Crippen molar-refractivity contribution in [3.05, 3.63) is 28.5 Å². The van der Waals surface area contributed by atoms with Gasteiger partial charge in [-0.15, -0.1) is 0 Å². The van der Waals surface area contributed by atoms with E-state index in [0.717, 1.165) is 31.6 Å². The first-order chi connectivity index (χ1) is 9.01. The van der Waals surface area contributed by atoms with Crippen molar-refractivity contribution in [3.8, 4) is 0 Å². The lowest BCUT2D eigenvalue weighted by molar-refractivity contribution is 0.254. The molecule has 0 aromatic heterocycles. The average molecular weight is 329 g/mol. The van der Waals surface area contributed by atoms with Gasteiger partial charge in [0.05, 0.1) is 4.47 Å². The molecule has 19 heavy (non-hydrogen) atoms. The highest BCUT2D eigenvalue weighted by atomic mass is 79.9. The first-order valence-electron chi connectivity index (χ1n) is 6.98. The first-order valence-corrected chi connectivity index (χ1v) is 7.77. The SMILES string of the molecule is CCC1(CC)CN(c2ccc(F)c(Br)c2)C(C)CN1. The summed E-state index contributed by atoms with van der Waals surface area (Å²) in [5, 5.41) is 3.68. The molecule has 1 fully saturated rings. The van der Waals surface area contributed by atoms with E-state index in [1.165, 1.54) is 6.07 Å². The second kappa shape index (κ2) is 5.80. The molecule has 0 spiro atoms. The number of halogens is 2. The van der Waals surface area contributed by atoms with Crippen molar-refractivity contribution in [2.24, 2.45) is 0 Å². The van der Waals surface area contributed by atoms with Crippen LogP contribution in [-0.2, 0) is 0 Å². The predicted octanol–water partition coefficient (Wildman–Crippen LogP) is 3.95. The fraction of sp³-hybridized carbons (Fsp3) is 0.600. The summed E-state index contributed by atoms with van der Waals surface area (Å²) in [6.07, 6.45) is 2.21. The van der Waals surface area contributed by atoms with Crippen LogP contribution in [0.15, 0.2) is 22.7 Å². The lowest BCUT2D eigenvalue weighted by Gasteiger charge is -2.47. The summed E-state index contributed by atoms with van der Waals surface area (Å²) in [6.45, 7) is 8.60. The zero-order valence-corrected chi connectivity index (χ0v) is 13.4. The van der Waals surface area contributed by atoms with E-state index in [4.69, 9.17) is 0 Å². The molecule has 0 radical (unpaired) electrons. The molecule has 0 amide bonds. The van der Waals surface area contributed by atoms with Gasteiger partial charge in [0.25, 0.3) is 0 Å². The third-order valence-electron chi connectivity index (χ3n) is 4.37. The van der Waals surface area contributed by atoms with Gasteiger partial charge in [0.1, 0.15) is 5.82 Å². The predicted molar refractivity (Wildman–Crippen MR) is 82.2 cm³/mol. The highest BCUT2D eigenvalue weighted by Gasteiger charge is 2.35. The van der Waals surface area contributed by atoms with Gasteiger partial charge in [-0.3, -0.25) is 0 Å². The highest BCUT2D eigenvalue weighted by molar-refractivity contribution is 9.10. The summed E-state index contributed by atoms with van der Waals surface area (Å²) in [7, 11) is 0. The maximum Gasteiger partial charge on any atom is 0.137 e. The molecule has 106 valence electrons.